The minimum Gasteiger partial charge on any atom is -0.546 e. The molecule has 1 aliphatic heterocycles. The predicted molar refractivity (Wildman–Crippen MR) is 111 cm³/mol. The number of anilines is 1. The summed E-state index contributed by atoms with van der Waals surface area (Å²) in [6, 6.07) is 10.0. The zero-order valence-corrected chi connectivity index (χ0v) is 17.8. The van der Waals surface area contributed by atoms with Crippen LogP contribution in [0.4, 0.5) is 10.5 Å². The Morgan fingerprint density at radius 1 is 1.10 bits per heavy atom. The Hall–Kier alpha value is -3.66. The molecule has 0 aromatic heterocycles. The molecule has 31 heavy (non-hydrogen) atoms. The van der Waals surface area contributed by atoms with E-state index < -0.39 is 30.4 Å². The van der Waals surface area contributed by atoms with Crippen molar-refractivity contribution in [1.82, 2.24) is 5.32 Å². The van der Waals surface area contributed by atoms with Gasteiger partial charge in [0.2, 0.25) is 0 Å². The number of urea groups is 1. The Balaban J connectivity index is 1.95. The number of hydrogen-bond acceptors (Lipinski definition) is 7. The van der Waals surface area contributed by atoms with Crippen molar-refractivity contribution in [2.75, 3.05) is 18.1 Å². The predicted octanol–water partition coefficient (Wildman–Crippen LogP) is 1.64. The van der Waals surface area contributed by atoms with Gasteiger partial charge in [0, 0.05) is 4.47 Å². The van der Waals surface area contributed by atoms with Gasteiger partial charge in [-0.3, -0.25) is 14.9 Å². The lowest BCUT2D eigenvalue weighted by atomic mass is 10.1. The summed E-state index contributed by atoms with van der Waals surface area (Å²) in [6.45, 7) is 1.34. The minimum atomic E-state index is -1.39. The van der Waals surface area contributed by atoms with Crippen molar-refractivity contribution in [3.63, 3.8) is 0 Å². The maximum atomic E-state index is 12.9. The van der Waals surface area contributed by atoms with E-state index in [0.717, 1.165) is 9.37 Å². The van der Waals surface area contributed by atoms with Gasteiger partial charge in [0.05, 0.1) is 18.3 Å². The monoisotopic (exact) mass is 487 g/mol. The third kappa shape index (κ3) is 5.10. The zero-order valence-electron chi connectivity index (χ0n) is 16.2. The van der Waals surface area contributed by atoms with Gasteiger partial charge in [-0.15, -0.1) is 0 Å². The fourth-order valence-electron chi connectivity index (χ4n) is 2.79. The number of rotatable bonds is 7. The summed E-state index contributed by atoms with van der Waals surface area (Å²) in [5.74, 6) is -2.62. The number of benzene rings is 2. The van der Waals surface area contributed by atoms with E-state index in [0.29, 0.717) is 11.3 Å². The number of carbonyl (C=O) groups is 4. The Morgan fingerprint density at radius 3 is 2.45 bits per heavy atom. The maximum absolute atomic E-state index is 12.9. The molecule has 1 heterocycles. The smallest absolute Gasteiger partial charge is 0.335 e. The summed E-state index contributed by atoms with van der Waals surface area (Å²) in [5, 5.41) is 12.8. The van der Waals surface area contributed by atoms with Crippen LogP contribution in [0, 0.1) is 0 Å². The van der Waals surface area contributed by atoms with Crippen LogP contribution in [0.1, 0.15) is 12.5 Å². The van der Waals surface area contributed by atoms with E-state index in [9.17, 15) is 24.3 Å². The van der Waals surface area contributed by atoms with Gasteiger partial charge < -0.3 is 19.4 Å². The van der Waals surface area contributed by atoms with Crippen LogP contribution in [0.3, 0.4) is 0 Å². The van der Waals surface area contributed by atoms with E-state index in [1.165, 1.54) is 24.3 Å². The molecule has 1 saturated heterocycles. The number of amides is 4. The lowest BCUT2D eigenvalue weighted by molar-refractivity contribution is -0.307. The number of hydrogen-bond donors (Lipinski definition) is 1. The number of ether oxygens (including phenoxy) is 2. The molecule has 2 aromatic carbocycles. The molecule has 9 nitrogen and oxygen atoms in total. The molecule has 2 aromatic rings. The quantitative estimate of drug-likeness (QED) is 0.464. The lowest BCUT2D eigenvalue weighted by Crippen LogP contribution is -2.54. The summed E-state index contributed by atoms with van der Waals surface area (Å²) < 4.78 is 11.3. The number of barbiturate groups is 1. The topological polar surface area (TPSA) is 125 Å². The molecule has 0 radical (unpaired) electrons. The average Bonchev–Trinajstić information content (AvgIpc) is 2.72. The molecule has 160 valence electrons. The van der Waals surface area contributed by atoms with Gasteiger partial charge in [-0.1, -0.05) is 22.0 Å². The number of halogens is 1. The molecule has 0 aliphatic carbocycles. The molecule has 3 rings (SSSR count). The van der Waals surface area contributed by atoms with Crippen molar-refractivity contribution in [2.24, 2.45) is 0 Å². The van der Waals surface area contributed by atoms with Gasteiger partial charge >= 0.3 is 6.03 Å². The van der Waals surface area contributed by atoms with E-state index in [1.54, 1.807) is 31.2 Å². The first-order valence-corrected chi connectivity index (χ1v) is 9.86. The Bertz CT molecular complexity index is 1080. The minimum absolute atomic E-state index is 0.166. The number of carboxylic acid groups (broad SMARTS) is 1. The number of aliphatic carboxylic acids is 1. The first kappa shape index (κ1) is 22.0. The second-order valence-electron chi connectivity index (χ2n) is 6.23. The van der Waals surface area contributed by atoms with Crippen LogP contribution in [-0.4, -0.2) is 37.0 Å². The molecule has 0 saturated carbocycles. The lowest BCUT2D eigenvalue weighted by Gasteiger charge is -2.26. The van der Waals surface area contributed by atoms with E-state index in [-0.39, 0.29) is 23.7 Å². The standard InChI is InChI=1S/C21H17BrN2O7/c1-2-30-17-10-12(3-8-16(17)31-11-18(25)26)9-15-19(27)23-21(29)24(20(15)28)14-6-4-13(22)5-7-14/h3-10H,2,11H2,1H3,(H,25,26)(H,23,27,29)/p-1/b15-9+. The number of nitrogens with zero attached hydrogens (tertiary/aromatic N) is 1. The highest BCUT2D eigenvalue weighted by molar-refractivity contribution is 9.10. The van der Waals surface area contributed by atoms with Gasteiger partial charge in [-0.05, 0) is 55.0 Å². The highest BCUT2D eigenvalue weighted by atomic mass is 79.9. The molecule has 1 fully saturated rings. The highest BCUT2D eigenvalue weighted by Gasteiger charge is 2.36. The van der Waals surface area contributed by atoms with Crippen molar-refractivity contribution in [2.45, 2.75) is 6.92 Å². The molecule has 0 bridgehead atoms. The van der Waals surface area contributed by atoms with E-state index in [1.807, 2.05) is 0 Å². The van der Waals surface area contributed by atoms with Crippen molar-refractivity contribution in [3.8, 4) is 11.5 Å². The van der Waals surface area contributed by atoms with Crippen LogP contribution in [-0.2, 0) is 14.4 Å². The maximum Gasteiger partial charge on any atom is 0.335 e. The van der Waals surface area contributed by atoms with Crippen LogP contribution in [0.5, 0.6) is 11.5 Å². The van der Waals surface area contributed by atoms with E-state index >= 15 is 0 Å². The van der Waals surface area contributed by atoms with Crippen LogP contribution in [0.15, 0.2) is 52.5 Å². The van der Waals surface area contributed by atoms with Crippen molar-refractivity contribution in [1.29, 1.82) is 0 Å². The molecule has 1 N–H and O–H groups in total. The summed E-state index contributed by atoms with van der Waals surface area (Å²) in [5.41, 5.74) is 0.450. The van der Waals surface area contributed by atoms with Crippen molar-refractivity contribution >= 4 is 51.5 Å². The molecule has 1 aliphatic rings. The number of nitrogens with one attached hydrogen (secondary N) is 1. The van der Waals surface area contributed by atoms with Crippen molar-refractivity contribution < 1.29 is 33.8 Å². The van der Waals surface area contributed by atoms with Gasteiger partial charge in [0.25, 0.3) is 11.8 Å². The second-order valence-corrected chi connectivity index (χ2v) is 7.15. The number of carboxylic acids is 1. The summed E-state index contributed by atoms with van der Waals surface area (Å²) in [6.07, 6.45) is 1.31. The Morgan fingerprint density at radius 2 is 1.81 bits per heavy atom. The van der Waals surface area contributed by atoms with Crippen LogP contribution in [0.25, 0.3) is 6.08 Å². The SMILES string of the molecule is CCOc1cc(/C=C2\C(=O)NC(=O)N(c3ccc(Br)cc3)C2=O)ccc1OCC(=O)[O-]. The first-order valence-electron chi connectivity index (χ1n) is 9.06. The average molecular weight is 488 g/mol. The molecule has 0 spiro atoms. The fourth-order valence-corrected chi connectivity index (χ4v) is 3.05. The van der Waals surface area contributed by atoms with Gasteiger partial charge in [-0.2, -0.15) is 0 Å². The van der Waals surface area contributed by atoms with Gasteiger partial charge in [0.15, 0.2) is 11.5 Å². The van der Waals surface area contributed by atoms with Crippen molar-refractivity contribution in [3.05, 3.63) is 58.1 Å². The normalized spacial score (nSPS) is 15.1. The molecule has 10 heteroatoms. The Labute approximate surface area is 185 Å². The largest absolute Gasteiger partial charge is 0.546 e. The zero-order chi connectivity index (χ0) is 22.5. The molecular weight excluding hydrogens is 472 g/mol. The number of imide groups is 2. The highest BCUT2D eigenvalue weighted by Crippen LogP contribution is 2.30. The molecule has 0 atom stereocenters. The molecular formula is C21H16BrN2O7-. The van der Waals surface area contributed by atoms with Crippen LogP contribution in [0.2, 0.25) is 0 Å². The number of carbonyl (C=O) groups excluding carboxylic acids is 4. The van der Waals surface area contributed by atoms with Crippen LogP contribution < -0.4 is 24.8 Å². The van der Waals surface area contributed by atoms with E-state index in [2.05, 4.69) is 21.2 Å². The fraction of sp³-hybridized carbons (Fsp3) is 0.143. The molecule has 4 amide bonds. The van der Waals surface area contributed by atoms with Gasteiger partial charge in [0.1, 0.15) is 12.2 Å². The van der Waals surface area contributed by atoms with E-state index in [4.69, 9.17) is 9.47 Å². The third-order valence-corrected chi connectivity index (χ3v) is 4.64. The summed E-state index contributed by atoms with van der Waals surface area (Å²) in [7, 11) is 0. The summed E-state index contributed by atoms with van der Waals surface area (Å²) in [4.78, 5) is 49.0. The third-order valence-electron chi connectivity index (χ3n) is 4.11. The van der Waals surface area contributed by atoms with Gasteiger partial charge in [-0.25, -0.2) is 9.69 Å². The molecule has 0 unspecified atom stereocenters. The first-order chi connectivity index (χ1) is 14.8. The van der Waals surface area contributed by atoms with Crippen LogP contribution >= 0.6 is 15.9 Å². The Kier molecular flexibility index (Phi) is 6.71. The second kappa shape index (κ2) is 9.43. The summed E-state index contributed by atoms with van der Waals surface area (Å²) >= 11 is 3.28.